The number of benzene rings is 2. The van der Waals surface area contributed by atoms with Gasteiger partial charge < -0.3 is 50.0 Å². The number of hydrogen-bond acceptors (Lipinski definition) is 11. The molecule has 11 heteroatoms. The predicted molar refractivity (Wildman–Crippen MR) is 104 cm³/mol. The molecule has 0 bridgehead atoms. The first kappa shape index (κ1) is 22.3. The Morgan fingerprint density at radius 1 is 0.938 bits per heavy atom. The van der Waals surface area contributed by atoms with E-state index >= 15 is 0 Å². The normalized spacial score (nSPS) is 32.2. The maximum absolute atomic E-state index is 12.7. The highest BCUT2D eigenvalue weighted by molar-refractivity contribution is 6.05. The van der Waals surface area contributed by atoms with Crippen LogP contribution in [0.15, 0.2) is 36.4 Å². The van der Waals surface area contributed by atoms with Crippen LogP contribution in [0, 0.1) is 0 Å². The molecule has 0 amide bonds. The summed E-state index contributed by atoms with van der Waals surface area (Å²) >= 11 is 0. The second-order valence-electron chi connectivity index (χ2n) is 7.57. The average Bonchev–Trinajstić information content (AvgIpc) is 2.77. The summed E-state index contributed by atoms with van der Waals surface area (Å²) in [4.78, 5) is 12.7. The van der Waals surface area contributed by atoms with E-state index in [-0.39, 0.29) is 22.8 Å². The second-order valence-corrected chi connectivity index (χ2v) is 7.57. The van der Waals surface area contributed by atoms with Gasteiger partial charge in [0.05, 0.1) is 6.61 Å². The summed E-state index contributed by atoms with van der Waals surface area (Å²) in [6.45, 7) is -0.649. The van der Waals surface area contributed by atoms with Crippen LogP contribution in [-0.4, -0.2) is 84.9 Å². The van der Waals surface area contributed by atoms with Gasteiger partial charge in [0.25, 0.3) is 0 Å². The Kier molecular flexibility index (Phi) is 5.95. The molecule has 32 heavy (non-hydrogen) atoms. The first-order valence-electron chi connectivity index (χ1n) is 9.73. The lowest BCUT2D eigenvalue weighted by molar-refractivity contribution is -0.277. The van der Waals surface area contributed by atoms with E-state index in [2.05, 4.69) is 0 Å². The molecule has 1 saturated heterocycles. The van der Waals surface area contributed by atoms with Crippen LogP contribution in [0.2, 0.25) is 0 Å². The molecule has 0 aliphatic carbocycles. The van der Waals surface area contributed by atoms with Crippen molar-refractivity contribution in [1.29, 1.82) is 0 Å². The van der Waals surface area contributed by atoms with Gasteiger partial charge >= 0.3 is 0 Å². The van der Waals surface area contributed by atoms with E-state index in [9.17, 15) is 40.5 Å². The number of ketones is 1. The third-order valence-electron chi connectivity index (χ3n) is 5.43. The summed E-state index contributed by atoms with van der Waals surface area (Å²) in [7, 11) is 0. The predicted octanol–water partition coefficient (Wildman–Crippen LogP) is -1.05. The van der Waals surface area contributed by atoms with E-state index in [1.807, 2.05) is 0 Å². The Morgan fingerprint density at radius 2 is 1.62 bits per heavy atom. The van der Waals surface area contributed by atoms with Crippen LogP contribution in [0.5, 0.6) is 23.0 Å². The van der Waals surface area contributed by atoms with E-state index in [1.54, 1.807) is 0 Å². The fraction of sp³-hybridized carbons (Fsp3) is 0.381. The van der Waals surface area contributed by atoms with Crippen LogP contribution in [0.1, 0.15) is 22.0 Å². The molecule has 4 rings (SSSR count). The van der Waals surface area contributed by atoms with Crippen molar-refractivity contribution in [2.24, 2.45) is 0 Å². The molecule has 2 heterocycles. The zero-order chi connectivity index (χ0) is 23.2. The molecule has 7 N–H and O–H groups in total. The van der Waals surface area contributed by atoms with Gasteiger partial charge in [-0.15, -0.1) is 0 Å². The molecule has 0 aromatic heterocycles. The Hall–Kier alpha value is -2.93. The van der Waals surface area contributed by atoms with E-state index in [0.29, 0.717) is 5.56 Å². The van der Waals surface area contributed by atoms with Crippen LogP contribution in [0.4, 0.5) is 0 Å². The van der Waals surface area contributed by atoms with Gasteiger partial charge in [0, 0.05) is 12.1 Å². The number of carbonyl (C=O) groups is 1. The molecule has 0 saturated carbocycles. The molecule has 1 fully saturated rings. The minimum atomic E-state index is -1.68. The Morgan fingerprint density at radius 3 is 2.28 bits per heavy atom. The van der Waals surface area contributed by atoms with Crippen LogP contribution in [0.25, 0.3) is 0 Å². The monoisotopic (exact) mass is 450 g/mol. The Labute approximate surface area is 181 Å². The summed E-state index contributed by atoms with van der Waals surface area (Å²) < 4.78 is 16.5. The molecule has 2 aromatic rings. The van der Waals surface area contributed by atoms with Crippen molar-refractivity contribution in [2.75, 3.05) is 6.61 Å². The topological polar surface area (TPSA) is 186 Å². The molecule has 0 unspecified atom stereocenters. The summed E-state index contributed by atoms with van der Waals surface area (Å²) in [6.07, 6.45) is -10.4. The lowest BCUT2D eigenvalue weighted by Crippen LogP contribution is -2.60. The summed E-state index contributed by atoms with van der Waals surface area (Å²) in [6, 6.07) is 7.93. The summed E-state index contributed by atoms with van der Waals surface area (Å²) in [5.74, 6) is -1.59. The van der Waals surface area contributed by atoms with Gasteiger partial charge in [-0.3, -0.25) is 4.79 Å². The largest absolute Gasteiger partial charge is 0.508 e. The quantitative estimate of drug-likeness (QED) is 0.301. The molecule has 0 radical (unpaired) electrons. The van der Waals surface area contributed by atoms with Crippen molar-refractivity contribution >= 4 is 5.78 Å². The Balaban J connectivity index is 1.63. The maximum atomic E-state index is 12.7. The SMILES string of the molecule is O=C1c2c(O)cc(O[C@@H]3O[C@@H](CO)[C@@H](O)[C@@H](O)[C@H]3O)cc2O[C@@H](c2ccc(O)cc2)[C@H]1O. The molecule has 11 nitrogen and oxygen atoms in total. The standard InChI is InChI=1S/C21H22O11/c22-7-13-15(25)17(27)19(29)21(32-13)30-10-5-11(24)14-12(6-10)31-20(18(28)16(14)26)8-1-3-9(23)4-2-8/h1-6,13,15,17-25,27-29H,7H2/t13-,15+,17+,18-,19+,20-,21+/m0/s1. The lowest BCUT2D eigenvalue weighted by atomic mass is 9.93. The first-order chi connectivity index (χ1) is 15.2. The zero-order valence-corrected chi connectivity index (χ0v) is 16.5. The molecule has 172 valence electrons. The fourth-order valence-corrected chi connectivity index (χ4v) is 3.68. The van der Waals surface area contributed by atoms with Crippen LogP contribution in [-0.2, 0) is 4.74 Å². The number of Topliss-reactive ketones (excluding diaryl/α,β-unsaturated/α-hetero) is 1. The van der Waals surface area contributed by atoms with Gasteiger partial charge in [-0.25, -0.2) is 0 Å². The summed E-state index contributed by atoms with van der Waals surface area (Å²) in [5, 5.41) is 69.4. The average molecular weight is 450 g/mol. The highest BCUT2D eigenvalue weighted by atomic mass is 16.7. The van der Waals surface area contributed by atoms with Gasteiger partial charge in [0.15, 0.2) is 12.2 Å². The van der Waals surface area contributed by atoms with E-state index in [0.717, 1.165) is 6.07 Å². The number of ether oxygens (including phenoxy) is 3. The van der Waals surface area contributed by atoms with Crippen LogP contribution in [0.3, 0.4) is 0 Å². The molecule has 2 aliphatic rings. The van der Waals surface area contributed by atoms with Crippen LogP contribution >= 0.6 is 0 Å². The van der Waals surface area contributed by atoms with Crippen LogP contribution < -0.4 is 9.47 Å². The number of aliphatic hydroxyl groups excluding tert-OH is 5. The number of aliphatic hydroxyl groups is 5. The molecule has 7 atom stereocenters. The number of hydrogen-bond donors (Lipinski definition) is 7. The van der Waals surface area contributed by atoms with Crippen molar-refractivity contribution in [1.82, 2.24) is 0 Å². The molecule has 0 spiro atoms. The van der Waals surface area contributed by atoms with E-state index in [1.165, 1.54) is 30.3 Å². The highest BCUT2D eigenvalue weighted by Gasteiger charge is 2.45. The number of carbonyl (C=O) groups excluding carboxylic acids is 1. The summed E-state index contributed by atoms with van der Waals surface area (Å²) in [5.41, 5.74) is 0.128. The van der Waals surface area contributed by atoms with Crippen molar-refractivity contribution in [3.8, 4) is 23.0 Å². The van der Waals surface area contributed by atoms with Gasteiger partial charge in [0.1, 0.15) is 53.0 Å². The van der Waals surface area contributed by atoms with Crippen molar-refractivity contribution in [3.05, 3.63) is 47.5 Å². The van der Waals surface area contributed by atoms with Gasteiger partial charge in [-0.2, -0.15) is 0 Å². The van der Waals surface area contributed by atoms with Crippen molar-refractivity contribution in [3.63, 3.8) is 0 Å². The van der Waals surface area contributed by atoms with Crippen molar-refractivity contribution < 1.29 is 54.8 Å². The lowest BCUT2D eigenvalue weighted by Gasteiger charge is -2.39. The Bertz CT molecular complexity index is 990. The number of phenols is 2. The van der Waals surface area contributed by atoms with Gasteiger partial charge in [0.2, 0.25) is 12.1 Å². The molecular formula is C21H22O11. The fourth-order valence-electron chi connectivity index (χ4n) is 3.68. The van der Waals surface area contributed by atoms with E-state index < -0.39 is 61.1 Å². The molecule has 2 aromatic carbocycles. The third-order valence-corrected chi connectivity index (χ3v) is 5.43. The second kappa shape index (κ2) is 8.54. The number of aromatic hydroxyl groups is 2. The van der Waals surface area contributed by atoms with E-state index in [4.69, 9.17) is 14.2 Å². The first-order valence-corrected chi connectivity index (χ1v) is 9.73. The smallest absolute Gasteiger partial charge is 0.229 e. The molecular weight excluding hydrogens is 428 g/mol. The third kappa shape index (κ3) is 3.86. The number of phenolic OH excluding ortho intramolecular Hbond substituents is 2. The molecule has 2 aliphatic heterocycles. The van der Waals surface area contributed by atoms with Gasteiger partial charge in [-0.1, -0.05) is 12.1 Å². The minimum Gasteiger partial charge on any atom is -0.508 e. The zero-order valence-electron chi connectivity index (χ0n) is 16.5. The van der Waals surface area contributed by atoms with Gasteiger partial charge in [-0.05, 0) is 17.7 Å². The minimum absolute atomic E-state index is 0.0152. The number of fused-ring (bicyclic) bond motifs is 1. The number of rotatable bonds is 4. The highest BCUT2D eigenvalue weighted by Crippen LogP contribution is 2.42. The maximum Gasteiger partial charge on any atom is 0.229 e. The van der Waals surface area contributed by atoms with Crippen molar-refractivity contribution in [2.45, 2.75) is 42.9 Å².